The molecule has 2 aliphatic rings. The summed E-state index contributed by atoms with van der Waals surface area (Å²) in [6.45, 7) is 1.29. The number of phenolic OH excluding ortho intramolecular Hbond substituents is 1. The van der Waals surface area contributed by atoms with Crippen LogP contribution in [0.25, 0.3) is 0 Å². The third-order valence-corrected chi connectivity index (χ3v) is 9.72. The van der Waals surface area contributed by atoms with Crippen molar-refractivity contribution in [3.63, 3.8) is 0 Å². The second kappa shape index (κ2) is 11.9. The SMILES string of the molecule is O=S(=O)(NCC1CCC(CNC2CCc3cc(O)ccc3C2Cc2ccncc2)CC1)c1ccccc1F. The highest BCUT2D eigenvalue weighted by molar-refractivity contribution is 7.89. The minimum Gasteiger partial charge on any atom is -0.508 e. The van der Waals surface area contributed by atoms with Gasteiger partial charge in [0.05, 0.1) is 0 Å². The van der Waals surface area contributed by atoms with Gasteiger partial charge in [0, 0.05) is 30.9 Å². The molecule has 0 radical (unpaired) electrons. The van der Waals surface area contributed by atoms with Crippen LogP contribution >= 0.6 is 0 Å². The minimum atomic E-state index is -3.84. The summed E-state index contributed by atoms with van der Waals surface area (Å²) in [6.07, 6.45) is 10.6. The minimum absolute atomic E-state index is 0.265. The molecule has 1 saturated carbocycles. The zero-order valence-corrected chi connectivity index (χ0v) is 22.3. The van der Waals surface area contributed by atoms with Crippen LogP contribution in [0.15, 0.2) is 71.9 Å². The molecule has 0 amide bonds. The van der Waals surface area contributed by atoms with Gasteiger partial charge >= 0.3 is 0 Å². The Morgan fingerprint density at radius 1 is 0.921 bits per heavy atom. The number of nitrogens with one attached hydrogen (secondary N) is 2. The number of sulfonamides is 1. The highest BCUT2D eigenvalue weighted by Crippen LogP contribution is 2.37. The lowest BCUT2D eigenvalue weighted by Gasteiger charge is -2.36. The number of benzene rings is 2. The largest absolute Gasteiger partial charge is 0.508 e. The first-order chi connectivity index (χ1) is 18.4. The molecule has 0 spiro atoms. The van der Waals surface area contributed by atoms with Gasteiger partial charge in [-0.1, -0.05) is 18.2 Å². The Morgan fingerprint density at radius 2 is 1.63 bits per heavy atom. The number of pyridine rings is 1. The molecule has 2 unspecified atom stereocenters. The molecule has 2 atom stereocenters. The van der Waals surface area contributed by atoms with Crippen molar-refractivity contribution in [1.29, 1.82) is 0 Å². The summed E-state index contributed by atoms with van der Waals surface area (Å²) in [5.74, 6) is 0.745. The molecule has 8 heteroatoms. The van der Waals surface area contributed by atoms with Crippen molar-refractivity contribution in [1.82, 2.24) is 15.0 Å². The molecule has 3 N–H and O–H groups in total. The summed E-state index contributed by atoms with van der Waals surface area (Å²) in [4.78, 5) is 3.87. The molecule has 5 rings (SSSR count). The maximum absolute atomic E-state index is 13.9. The van der Waals surface area contributed by atoms with Crippen molar-refractivity contribution in [2.45, 2.75) is 61.8 Å². The molecule has 1 fully saturated rings. The van der Waals surface area contributed by atoms with Crippen LogP contribution in [0.3, 0.4) is 0 Å². The van der Waals surface area contributed by atoms with E-state index in [4.69, 9.17) is 0 Å². The zero-order chi connectivity index (χ0) is 26.5. The Balaban J connectivity index is 1.15. The molecule has 38 heavy (non-hydrogen) atoms. The van der Waals surface area contributed by atoms with E-state index in [0.29, 0.717) is 30.2 Å². The highest BCUT2D eigenvalue weighted by atomic mass is 32.2. The predicted molar refractivity (Wildman–Crippen MR) is 146 cm³/mol. The standard InChI is InChI=1S/C30H36FN3O3S/c31-28-3-1-2-4-30(28)38(36,37)34-20-23-7-5-22(6-8-23)19-33-29-12-9-24-18-25(35)10-11-26(24)27(29)17-21-13-15-32-16-14-21/h1-4,10-11,13-16,18,22-23,27,29,33-35H,5-9,12,17,19-20H2. The quantitative estimate of drug-likeness (QED) is 0.360. The first kappa shape index (κ1) is 26.8. The van der Waals surface area contributed by atoms with Crippen LogP contribution in [0.5, 0.6) is 5.75 Å². The highest BCUT2D eigenvalue weighted by Gasteiger charge is 2.31. The summed E-state index contributed by atoms with van der Waals surface area (Å²) < 4.78 is 41.6. The van der Waals surface area contributed by atoms with Crippen LogP contribution in [0.1, 0.15) is 54.7 Å². The summed E-state index contributed by atoms with van der Waals surface area (Å²) >= 11 is 0. The van der Waals surface area contributed by atoms with Crippen LogP contribution in [0.4, 0.5) is 4.39 Å². The van der Waals surface area contributed by atoms with Crippen molar-refractivity contribution >= 4 is 10.0 Å². The third kappa shape index (κ3) is 6.42. The van der Waals surface area contributed by atoms with E-state index in [1.807, 2.05) is 18.5 Å². The normalized spacial score (nSPS) is 23.6. The van der Waals surface area contributed by atoms with Gasteiger partial charge in [0.15, 0.2) is 0 Å². The van der Waals surface area contributed by atoms with E-state index in [0.717, 1.165) is 51.5 Å². The Bertz CT molecular complexity index is 1330. The molecule has 0 aliphatic heterocycles. The molecule has 2 aromatic carbocycles. The number of nitrogens with zero attached hydrogens (tertiary/aromatic N) is 1. The molecule has 6 nitrogen and oxygen atoms in total. The van der Waals surface area contributed by atoms with Crippen LogP contribution in [0.2, 0.25) is 0 Å². The van der Waals surface area contributed by atoms with Crippen molar-refractivity contribution in [2.24, 2.45) is 11.8 Å². The monoisotopic (exact) mass is 537 g/mol. The van der Waals surface area contributed by atoms with Crippen LogP contribution < -0.4 is 10.0 Å². The fraction of sp³-hybridized carbons (Fsp3) is 0.433. The van der Waals surface area contributed by atoms with Gasteiger partial charge < -0.3 is 10.4 Å². The molecule has 2 aliphatic carbocycles. The number of fused-ring (bicyclic) bond motifs is 1. The first-order valence-electron chi connectivity index (χ1n) is 13.6. The second-order valence-electron chi connectivity index (χ2n) is 10.8. The molecule has 0 saturated heterocycles. The summed E-state index contributed by atoms with van der Waals surface area (Å²) in [5, 5.41) is 13.9. The lowest BCUT2D eigenvalue weighted by atomic mass is 9.75. The van der Waals surface area contributed by atoms with E-state index in [1.54, 1.807) is 6.07 Å². The molecular weight excluding hydrogens is 501 g/mol. The van der Waals surface area contributed by atoms with Crippen LogP contribution in [-0.2, 0) is 22.9 Å². The van der Waals surface area contributed by atoms with Crippen molar-refractivity contribution in [3.05, 3.63) is 89.5 Å². The van der Waals surface area contributed by atoms with Crippen molar-refractivity contribution in [2.75, 3.05) is 13.1 Å². The predicted octanol–water partition coefficient (Wildman–Crippen LogP) is 4.94. The fourth-order valence-electron chi connectivity index (χ4n) is 6.09. The second-order valence-corrected chi connectivity index (χ2v) is 12.5. The number of hydrogen-bond acceptors (Lipinski definition) is 5. The molecule has 0 bridgehead atoms. The third-order valence-electron chi connectivity index (χ3n) is 8.26. The van der Waals surface area contributed by atoms with Crippen LogP contribution in [-0.4, -0.2) is 37.6 Å². The fourth-order valence-corrected chi connectivity index (χ4v) is 7.29. The Morgan fingerprint density at radius 3 is 2.37 bits per heavy atom. The summed E-state index contributed by atoms with van der Waals surface area (Å²) in [6, 6.07) is 15.8. The topological polar surface area (TPSA) is 91.3 Å². The average Bonchev–Trinajstić information content (AvgIpc) is 2.92. The Hall–Kier alpha value is -2.81. The van der Waals surface area contributed by atoms with Gasteiger partial charge in [-0.05, 0) is 116 Å². The van der Waals surface area contributed by atoms with Gasteiger partial charge in [0.25, 0.3) is 0 Å². The summed E-state index contributed by atoms with van der Waals surface area (Å²) in [5.41, 5.74) is 3.81. The van der Waals surface area contributed by atoms with E-state index in [2.05, 4.69) is 33.2 Å². The van der Waals surface area contributed by atoms with Crippen molar-refractivity contribution < 1.29 is 17.9 Å². The maximum atomic E-state index is 13.9. The molecular formula is C30H36FN3O3S. The smallest absolute Gasteiger partial charge is 0.243 e. The van der Waals surface area contributed by atoms with Gasteiger partial charge in [-0.3, -0.25) is 4.98 Å². The van der Waals surface area contributed by atoms with Gasteiger partial charge in [0.2, 0.25) is 10.0 Å². The molecule has 3 aromatic rings. The van der Waals surface area contributed by atoms with Crippen LogP contribution in [0, 0.1) is 17.7 Å². The Kier molecular flexibility index (Phi) is 8.41. The van der Waals surface area contributed by atoms with Gasteiger partial charge in [-0.2, -0.15) is 0 Å². The lowest BCUT2D eigenvalue weighted by Crippen LogP contribution is -2.42. The first-order valence-corrected chi connectivity index (χ1v) is 15.1. The van der Waals surface area contributed by atoms with E-state index in [-0.39, 0.29) is 10.8 Å². The number of aryl methyl sites for hydroxylation is 1. The number of aromatic hydroxyl groups is 1. The number of phenols is 1. The number of rotatable bonds is 9. The average molecular weight is 538 g/mol. The Labute approximate surface area is 224 Å². The van der Waals surface area contributed by atoms with Crippen molar-refractivity contribution in [3.8, 4) is 5.75 Å². The maximum Gasteiger partial charge on any atom is 0.243 e. The van der Waals surface area contributed by atoms with E-state index < -0.39 is 15.8 Å². The van der Waals surface area contributed by atoms with E-state index in [9.17, 15) is 17.9 Å². The zero-order valence-electron chi connectivity index (χ0n) is 21.5. The molecule has 1 aromatic heterocycles. The van der Waals surface area contributed by atoms with E-state index in [1.165, 1.54) is 41.0 Å². The van der Waals surface area contributed by atoms with E-state index >= 15 is 0 Å². The van der Waals surface area contributed by atoms with Gasteiger partial charge in [0.1, 0.15) is 16.5 Å². The van der Waals surface area contributed by atoms with Gasteiger partial charge in [-0.25, -0.2) is 17.5 Å². The molecule has 202 valence electrons. The lowest BCUT2D eigenvalue weighted by molar-refractivity contribution is 0.252. The summed E-state index contributed by atoms with van der Waals surface area (Å²) in [7, 11) is -3.84. The number of halogens is 1. The molecule has 1 heterocycles. The number of hydrogen-bond donors (Lipinski definition) is 3. The number of aromatic nitrogens is 1. The van der Waals surface area contributed by atoms with Gasteiger partial charge in [-0.15, -0.1) is 0 Å².